The highest BCUT2D eigenvalue weighted by Gasteiger charge is 2.11. The first kappa shape index (κ1) is 15.3. The van der Waals surface area contributed by atoms with Gasteiger partial charge in [0.05, 0.1) is 19.8 Å². The molecule has 0 saturated carbocycles. The Morgan fingerprint density at radius 1 is 1.32 bits per heavy atom. The molecule has 0 aliphatic rings. The van der Waals surface area contributed by atoms with Gasteiger partial charge in [-0.3, -0.25) is 0 Å². The summed E-state index contributed by atoms with van der Waals surface area (Å²) in [6.45, 7) is 0.935. The summed E-state index contributed by atoms with van der Waals surface area (Å²) < 4.78 is 10.1. The molecule has 0 saturated heterocycles. The summed E-state index contributed by atoms with van der Waals surface area (Å²) in [7, 11) is 3.18. The third-order valence-electron chi connectivity index (χ3n) is 2.57. The zero-order chi connectivity index (χ0) is 14.1. The topological polar surface area (TPSA) is 85.6 Å². The highest BCUT2D eigenvalue weighted by molar-refractivity contribution is 5.89. The first-order valence-corrected chi connectivity index (χ1v) is 6.10. The first-order valence-electron chi connectivity index (χ1n) is 6.10. The molecule has 0 spiro atoms. The van der Waals surface area contributed by atoms with Crippen molar-refractivity contribution < 1.29 is 14.3 Å². The normalized spacial score (nSPS) is 11.7. The van der Waals surface area contributed by atoms with Crippen molar-refractivity contribution in [1.29, 1.82) is 0 Å². The van der Waals surface area contributed by atoms with Crippen molar-refractivity contribution in [2.24, 2.45) is 5.73 Å². The standard InChI is InChI=1S/C13H21N3O3/c1-18-9-11(7-8-14)16-13(17)15-10-3-5-12(19-2)6-4-10/h3-6,11H,7-9,14H2,1-2H3,(H2,15,16,17). The van der Waals surface area contributed by atoms with Crippen LogP contribution in [0.5, 0.6) is 5.75 Å². The first-order chi connectivity index (χ1) is 9.19. The van der Waals surface area contributed by atoms with Gasteiger partial charge in [-0.2, -0.15) is 0 Å². The number of hydrogen-bond acceptors (Lipinski definition) is 4. The molecule has 6 nitrogen and oxygen atoms in total. The largest absolute Gasteiger partial charge is 0.497 e. The fraction of sp³-hybridized carbons (Fsp3) is 0.462. The fourth-order valence-electron chi connectivity index (χ4n) is 1.63. The van der Waals surface area contributed by atoms with Crippen LogP contribution in [0.2, 0.25) is 0 Å². The summed E-state index contributed by atoms with van der Waals surface area (Å²) in [6, 6.07) is 6.73. The number of carbonyl (C=O) groups excluding carboxylic acids is 1. The van der Waals surface area contributed by atoms with Crippen molar-refractivity contribution in [1.82, 2.24) is 5.32 Å². The maximum absolute atomic E-state index is 11.8. The number of methoxy groups -OCH3 is 2. The molecule has 1 aromatic rings. The summed E-state index contributed by atoms with van der Waals surface area (Å²) in [5.41, 5.74) is 6.18. The predicted molar refractivity (Wildman–Crippen MR) is 74.5 cm³/mol. The molecule has 1 unspecified atom stereocenters. The van der Waals surface area contributed by atoms with E-state index >= 15 is 0 Å². The molecule has 1 atom stereocenters. The number of nitrogens with one attached hydrogen (secondary N) is 2. The van der Waals surface area contributed by atoms with Gasteiger partial charge in [-0.25, -0.2) is 4.79 Å². The third kappa shape index (κ3) is 5.58. The summed E-state index contributed by atoms with van der Waals surface area (Å²) >= 11 is 0. The lowest BCUT2D eigenvalue weighted by Gasteiger charge is -2.17. The van der Waals surface area contributed by atoms with Crippen LogP contribution >= 0.6 is 0 Å². The van der Waals surface area contributed by atoms with Crippen LogP contribution in [0.3, 0.4) is 0 Å². The minimum atomic E-state index is -0.277. The monoisotopic (exact) mass is 267 g/mol. The fourth-order valence-corrected chi connectivity index (χ4v) is 1.63. The van der Waals surface area contributed by atoms with E-state index in [-0.39, 0.29) is 12.1 Å². The van der Waals surface area contributed by atoms with E-state index in [1.165, 1.54) is 0 Å². The van der Waals surface area contributed by atoms with Crippen molar-refractivity contribution >= 4 is 11.7 Å². The molecule has 0 aliphatic heterocycles. The van der Waals surface area contributed by atoms with Gasteiger partial charge >= 0.3 is 6.03 Å². The molecule has 0 aromatic heterocycles. The van der Waals surface area contributed by atoms with Crippen LogP contribution in [0.1, 0.15) is 6.42 Å². The van der Waals surface area contributed by atoms with E-state index < -0.39 is 0 Å². The summed E-state index contributed by atoms with van der Waals surface area (Å²) in [5, 5.41) is 5.55. The lowest BCUT2D eigenvalue weighted by atomic mass is 10.2. The Morgan fingerprint density at radius 2 is 2.00 bits per heavy atom. The number of anilines is 1. The average molecular weight is 267 g/mol. The van der Waals surface area contributed by atoms with Gasteiger partial charge < -0.3 is 25.8 Å². The van der Waals surface area contributed by atoms with E-state index in [9.17, 15) is 4.79 Å². The Balaban J connectivity index is 2.48. The Labute approximate surface area is 113 Å². The molecule has 6 heteroatoms. The summed E-state index contributed by atoms with van der Waals surface area (Å²) in [5.74, 6) is 0.742. The molecule has 2 amide bonds. The van der Waals surface area contributed by atoms with Gasteiger partial charge in [0.2, 0.25) is 0 Å². The van der Waals surface area contributed by atoms with Crippen LogP contribution in [0.15, 0.2) is 24.3 Å². The van der Waals surface area contributed by atoms with E-state index in [2.05, 4.69) is 10.6 Å². The molecule has 0 radical (unpaired) electrons. The van der Waals surface area contributed by atoms with E-state index in [1.54, 1.807) is 38.5 Å². The molecule has 1 rings (SSSR count). The summed E-state index contributed by atoms with van der Waals surface area (Å²) in [4.78, 5) is 11.8. The van der Waals surface area contributed by atoms with Crippen molar-refractivity contribution in [3.63, 3.8) is 0 Å². The lowest BCUT2D eigenvalue weighted by molar-refractivity contribution is 0.164. The zero-order valence-electron chi connectivity index (χ0n) is 11.3. The van der Waals surface area contributed by atoms with E-state index in [0.717, 1.165) is 5.75 Å². The minimum Gasteiger partial charge on any atom is -0.497 e. The predicted octanol–water partition coefficient (Wildman–Crippen LogP) is 1.18. The minimum absolute atomic E-state index is 0.0896. The van der Waals surface area contributed by atoms with E-state index in [4.69, 9.17) is 15.2 Å². The number of rotatable bonds is 7. The van der Waals surface area contributed by atoms with Crippen LogP contribution in [0.4, 0.5) is 10.5 Å². The number of nitrogens with two attached hydrogens (primary N) is 1. The molecule has 1 aromatic carbocycles. The number of carbonyl (C=O) groups is 1. The molecule has 106 valence electrons. The molecular weight excluding hydrogens is 246 g/mol. The molecule has 0 fully saturated rings. The van der Waals surface area contributed by atoms with Gasteiger partial charge in [-0.15, -0.1) is 0 Å². The van der Waals surface area contributed by atoms with Crippen molar-refractivity contribution in [3.05, 3.63) is 24.3 Å². The molecule has 0 bridgehead atoms. The maximum atomic E-state index is 11.8. The van der Waals surface area contributed by atoms with Crippen LogP contribution in [0, 0.1) is 0 Å². The van der Waals surface area contributed by atoms with Crippen LogP contribution in [-0.4, -0.2) is 39.4 Å². The molecular formula is C13H21N3O3. The van der Waals surface area contributed by atoms with Crippen molar-refractivity contribution in [2.75, 3.05) is 32.7 Å². The summed E-state index contributed by atoms with van der Waals surface area (Å²) in [6.07, 6.45) is 0.671. The Hall–Kier alpha value is -1.79. The number of amides is 2. The number of benzene rings is 1. The van der Waals surface area contributed by atoms with Gasteiger partial charge in [0, 0.05) is 12.8 Å². The number of urea groups is 1. The van der Waals surface area contributed by atoms with Gasteiger partial charge in [0.25, 0.3) is 0 Å². The Bertz CT molecular complexity index is 375. The smallest absolute Gasteiger partial charge is 0.319 e. The SMILES string of the molecule is COCC(CCN)NC(=O)Nc1ccc(OC)cc1. The van der Waals surface area contributed by atoms with Gasteiger partial charge in [0.15, 0.2) is 0 Å². The van der Waals surface area contributed by atoms with E-state index in [1.807, 2.05) is 0 Å². The number of hydrogen-bond donors (Lipinski definition) is 3. The highest BCUT2D eigenvalue weighted by Crippen LogP contribution is 2.14. The second kappa shape index (κ2) is 8.34. The molecule has 4 N–H and O–H groups in total. The van der Waals surface area contributed by atoms with Gasteiger partial charge in [-0.05, 0) is 37.2 Å². The highest BCUT2D eigenvalue weighted by atomic mass is 16.5. The Morgan fingerprint density at radius 3 is 2.53 bits per heavy atom. The second-order valence-electron chi connectivity index (χ2n) is 4.06. The second-order valence-corrected chi connectivity index (χ2v) is 4.06. The quantitative estimate of drug-likeness (QED) is 0.692. The van der Waals surface area contributed by atoms with Crippen LogP contribution < -0.4 is 21.1 Å². The number of ether oxygens (including phenoxy) is 2. The third-order valence-corrected chi connectivity index (χ3v) is 2.57. The van der Waals surface area contributed by atoms with Gasteiger partial charge in [-0.1, -0.05) is 0 Å². The maximum Gasteiger partial charge on any atom is 0.319 e. The lowest BCUT2D eigenvalue weighted by Crippen LogP contribution is -2.41. The van der Waals surface area contributed by atoms with Crippen molar-refractivity contribution in [2.45, 2.75) is 12.5 Å². The molecule has 19 heavy (non-hydrogen) atoms. The molecule has 0 aliphatic carbocycles. The molecule has 0 heterocycles. The average Bonchev–Trinajstić information content (AvgIpc) is 2.40. The van der Waals surface area contributed by atoms with Crippen LogP contribution in [0.25, 0.3) is 0 Å². The van der Waals surface area contributed by atoms with E-state index in [0.29, 0.717) is 25.3 Å². The Kier molecular flexibility index (Phi) is 6.70. The zero-order valence-corrected chi connectivity index (χ0v) is 11.3. The van der Waals surface area contributed by atoms with Gasteiger partial charge in [0.1, 0.15) is 5.75 Å². The van der Waals surface area contributed by atoms with Crippen LogP contribution in [-0.2, 0) is 4.74 Å². The van der Waals surface area contributed by atoms with Crippen molar-refractivity contribution in [3.8, 4) is 5.75 Å².